The van der Waals surface area contributed by atoms with Crippen molar-refractivity contribution in [2.45, 2.75) is 26.3 Å². The Balaban J connectivity index is 1.44. The Morgan fingerprint density at radius 2 is 2.20 bits per heavy atom. The van der Waals surface area contributed by atoms with Gasteiger partial charge in [-0.05, 0) is 50.1 Å². The van der Waals surface area contributed by atoms with Crippen molar-refractivity contribution < 1.29 is 9.53 Å². The van der Waals surface area contributed by atoms with Gasteiger partial charge in [0.25, 0.3) is 0 Å². The van der Waals surface area contributed by atoms with Crippen molar-refractivity contribution in [1.82, 2.24) is 19.7 Å². The quantitative estimate of drug-likeness (QED) is 0.834. The molecule has 1 N–H and O–H groups in total. The predicted molar refractivity (Wildman–Crippen MR) is 95.5 cm³/mol. The highest BCUT2D eigenvalue weighted by Gasteiger charge is 2.18. The van der Waals surface area contributed by atoms with E-state index in [4.69, 9.17) is 4.74 Å². The standard InChI is InChI=1S/C18H25N5O2/c1-14-7-8-22(11-14)9-10-25-17-5-3-16(4-6-17)21-18(24)15(2)23-13-19-12-20-23/h3-6,12-15H,7-11H2,1-2H3,(H,21,24)/t14-,15+/m0/s1. The molecule has 134 valence electrons. The maximum absolute atomic E-state index is 12.2. The first-order chi connectivity index (χ1) is 12.1. The Labute approximate surface area is 148 Å². The molecular formula is C18H25N5O2. The number of carbonyl (C=O) groups is 1. The van der Waals surface area contributed by atoms with E-state index in [1.54, 1.807) is 6.92 Å². The first-order valence-corrected chi connectivity index (χ1v) is 8.72. The molecule has 2 aromatic rings. The van der Waals surface area contributed by atoms with Crippen LogP contribution in [0.25, 0.3) is 0 Å². The molecule has 7 nitrogen and oxygen atoms in total. The van der Waals surface area contributed by atoms with Crippen molar-refractivity contribution in [2.24, 2.45) is 5.92 Å². The van der Waals surface area contributed by atoms with Crippen molar-refractivity contribution >= 4 is 11.6 Å². The molecule has 0 radical (unpaired) electrons. The van der Waals surface area contributed by atoms with Gasteiger partial charge in [0.1, 0.15) is 31.1 Å². The molecule has 1 aromatic heterocycles. The van der Waals surface area contributed by atoms with Crippen LogP contribution < -0.4 is 10.1 Å². The second-order valence-corrected chi connectivity index (χ2v) is 6.61. The molecule has 1 fully saturated rings. The van der Waals surface area contributed by atoms with Gasteiger partial charge < -0.3 is 10.1 Å². The number of ether oxygens (including phenoxy) is 1. The van der Waals surface area contributed by atoms with E-state index in [9.17, 15) is 4.79 Å². The van der Waals surface area contributed by atoms with Gasteiger partial charge in [-0.15, -0.1) is 0 Å². The zero-order valence-corrected chi connectivity index (χ0v) is 14.8. The average molecular weight is 343 g/mol. The van der Waals surface area contributed by atoms with Crippen molar-refractivity contribution in [2.75, 3.05) is 31.6 Å². The lowest BCUT2D eigenvalue weighted by Crippen LogP contribution is -2.26. The van der Waals surface area contributed by atoms with E-state index >= 15 is 0 Å². The van der Waals surface area contributed by atoms with E-state index in [0.29, 0.717) is 6.61 Å². The van der Waals surface area contributed by atoms with Gasteiger partial charge in [-0.25, -0.2) is 9.67 Å². The van der Waals surface area contributed by atoms with Crippen molar-refractivity contribution in [3.63, 3.8) is 0 Å². The number of hydrogen-bond donors (Lipinski definition) is 1. The fraction of sp³-hybridized carbons (Fsp3) is 0.500. The lowest BCUT2D eigenvalue weighted by Gasteiger charge is -2.16. The van der Waals surface area contributed by atoms with E-state index in [1.807, 2.05) is 24.3 Å². The normalized spacial score (nSPS) is 18.9. The summed E-state index contributed by atoms with van der Waals surface area (Å²) in [5.74, 6) is 1.47. The first kappa shape index (κ1) is 17.4. The Kier molecular flexibility index (Phi) is 5.65. The number of aromatic nitrogens is 3. The van der Waals surface area contributed by atoms with Crippen molar-refractivity contribution in [3.8, 4) is 5.75 Å². The molecule has 2 atom stereocenters. The zero-order chi connectivity index (χ0) is 17.6. The minimum absolute atomic E-state index is 0.137. The molecule has 0 spiro atoms. The molecule has 0 saturated carbocycles. The molecule has 0 unspecified atom stereocenters. The summed E-state index contributed by atoms with van der Waals surface area (Å²) in [6.45, 7) is 8.04. The summed E-state index contributed by atoms with van der Waals surface area (Å²) in [5.41, 5.74) is 0.734. The molecule has 0 bridgehead atoms. The van der Waals surface area contributed by atoms with E-state index in [0.717, 1.165) is 30.4 Å². The van der Waals surface area contributed by atoms with Gasteiger partial charge in [0, 0.05) is 18.8 Å². The van der Waals surface area contributed by atoms with E-state index in [2.05, 4.69) is 27.2 Å². The Morgan fingerprint density at radius 1 is 1.40 bits per heavy atom. The topological polar surface area (TPSA) is 72.3 Å². The Bertz CT molecular complexity index is 671. The van der Waals surface area contributed by atoms with Crippen LogP contribution in [-0.2, 0) is 4.79 Å². The average Bonchev–Trinajstić information content (AvgIpc) is 3.27. The molecule has 1 aromatic carbocycles. The van der Waals surface area contributed by atoms with Crippen LogP contribution >= 0.6 is 0 Å². The van der Waals surface area contributed by atoms with Gasteiger partial charge >= 0.3 is 0 Å². The molecule has 1 aliphatic rings. The molecule has 25 heavy (non-hydrogen) atoms. The minimum Gasteiger partial charge on any atom is -0.492 e. The summed E-state index contributed by atoms with van der Waals surface area (Å²) < 4.78 is 7.31. The van der Waals surface area contributed by atoms with Crippen LogP contribution in [0.4, 0.5) is 5.69 Å². The predicted octanol–water partition coefficient (Wildman–Crippen LogP) is 2.20. The van der Waals surface area contributed by atoms with Crippen LogP contribution in [0.15, 0.2) is 36.9 Å². The summed E-state index contributed by atoms with van der Waals surface area (Å²) in [5, 5.41) is 6.86. The van der Waals surface area contributed by atoms with E-state index in [1.165, 1.54) is 30.3 Å². The summed E-state index contributed by atoms with van der Waals surface area (Å²) in [6.07, 6.45) is 4.22. The van der Waals surface area contributed by atoms with Crippen LogP contribution in [-0.4, -0.2) is 51.8 Å². The summed E-state index contributed by atoms with van der Waals surface area (Å²) in [6, 6.07) is 7.03. The number of nitrogens with one attached hydrogen (secondary N) is 1. The number of anilines is 1. The third-order valence-corrected chi connectivity index (χ3v) is 4.52. The minimum atomic E-state index is -0.415. The summed E-state index contributed by atoms with van der Waals surface area (Å²) in [7, 11) is 0. The van der Waals surface area contributed by atoms with Crippen LogP contribution in [0.5, 0.6) is 5.75 Å². The fourth-order valence-corrected chi connectivity index (χ4v) is 2.94. The lowest BCUT2D eigenvalue weighted by atomic mass is 10.2. The first-order valence-electron chi connectivity index (χ1n) is 8.72. The summed E-state index contributed by atoms with van der Waals surface area (Å²) >= 11 is 0. The van der Waals surface area contributed by atoms with E-state index < -0.39 is 6.04 Å². The highest BCUT2D eigenvalue weighted by molar-refractivity contribution is 5.93. The Morgan fingerprint density at radius 3 is 2.84 bits per heavy atom. The second kappa shape index (κ2) is 8.11. The van der Waals surface area contributed by atoms with Crippen molar-refractivity contribution in [3.05, 3.63) is 36.9 Å². The van der Waals surface area contributed by atoms with Gasteiger partial charge in [0.05, 0.1) is 0 Å². The number of likely N-dealkylation sites (tertiary alicyclic amines) is 1. The molecule has 3 rings (SSSR count). The van der Waals surface area contributed by atoms with Crippen LogP contribution in [0.3, 0.4) is 0 Å². The van der Waals surface area contributed by atoms with Gasteiger partial charge in [-0.2, -0.15) is 5.10 Å². The number of hydrogen-bond acceptors (Lipinski definition) is 5. The van der Waals surface area contributed by atoms with E-state index in [-0.39, 0.29) is 5.91 Å². The van der Waals surface area contributed by atoms with Crippen molar-refractivity contribution in [1.29, 1.82) is 0 Å². The zero-order valence-electron chi connectivity index (χ0n) is 14.8. The lowest BCUT2D eigenvalue weighted by molar-refractivity contribution is -0.119. The van der Waals surface area contributed by atoms with Crippen LogP contribution in [0, 0.1) is 5.92 Å². The molecule has 2 heterocycles. The fourth-order valence-electron chi connectivity index (χ4n) is 2.94. The third kappa shape index (κ3) is 4.79. The number of carbonyl (C=O) groups excluding carboxylic acids is 1. The third-order valence-electron chi connectivity index (χ3n) is 4.52. The van der Waals surface area contributed by atoms with Crippen LogP contribution in [0.1, 0.15) is 26.3 Å². The smallest absolute Gasteiger partial charge is 0.249 e. The molecule has 1 amide bonds. The Hall–Kier alpha value is -2.41. The van der Waals surface area contributed by atoms with Gasteiger partial charge in [-0.1, -0.05) is 6.92 Å². The number of nitrogens with zero attached hydrogens (tertiary/aromatic N) is 4. The molecule has 1 aliphatic heterocycles. The number of amides is 1. The second-order valence-electron chi connectivity index (χ2n) is 6.61. The van der Waals surface area contributed by atoms with Gasteiger partial charge in [0.2, 0.25) is 5.91 Å². The largest absolute Gasteiger partial charge is 0.492 e. The molecule has 0 aliphatic carbocycles. The number of rotatable bonds is 7. The van der Waals surface area contributed by atoms with Gasteiger partial charge in [0.15, 0.2) is 0 Å². The maximum atomic E-state index is 12.2. The SMILES string of the molecule is C[C@H]1CCN(CCOc2ccc(NC(=O)[C@@H](C)n3cncn3)cc2)C1. The van der Waals surface area contributed by atoms with Crippen LogP contribution in [0.2, 0.25) is 0 Å². The highest BCUT2D eigenvalue weighted by atomic mass is 16.5. The highest BCUT2D eigenvalue weighted by Crippen LogP contribution is 2.18. The summed E-state index contributed by atoms with van der Waals surface area (Å²) in [4.78, 5) is 18.5. The molecule has 1 saturated heterocycles. The molecular weight excluding hydrogens is 318 g/mol. The van der Waals surface area contributed by atoms with Gasteiger partial charge in [-0.3, -0.25) is 9.69 Å². The monoisotopic (exact) mass is 343 g/mol. The maximum Gasteiger partial charge on any atom is 0.249 e. The number of benzene rings is 1. The molecule has 7 heteroatoms.